The minimum atomic E-state index is -4.54. The smallest absolute Gasteiger partial charge is 0.753 e. The van der Waals surface area contributed by atoms with Gasteiger partial charge in [0, 0.05) is 41.3 Å². The largest absolute Gasteiger partial charge is 2.00 e. The third-order valence-electron chi connectivity index (χ3n) is 12.8. The van der Waals surface area contributed by atoms with Gasteiger partial charge in [0.2, 0.25) is 0 Å². The topological polar surface area (TPSA) is 225 Å². The summed E-state index contributed by atoms with van der Waals surface area (Å²) in [6.07, 6.45) is 0.366. The predicted molar refractivity (Wildman–Crippen MR) is 319 cm³/mol. The molecule has 10 rings (SSSR count). The molecule has 4 heterocycles. The maximum absolute atomic E-state index is 13.5. The fraction of sp³-hybridized carbons (Fsp3) is 0.0462. The molecule has 0 bridgehead atoms. The molecule has 0 aliphatic carbocycles. The number of hydrogen-bond acceptors (Lipinski definition) is 10. The van der Waals surface area contributed by atoms with Crippen LogP contribution in [-0.2, 0) is 19.5 Å². The third-order valence-corrected chi connectivity index (χ3v) is 12.8. The van der Waals surface area contributed by atoms with Crippen LogP contribution < -0.4 is 10.2 Å². The molecule has 0 radical (unpaired) electrons. The van der Waals surface area contributed by atoms with E-state index in [9.17, 15) is 32.7 Å². The van der Waals surface area contributed by atoms with E-state index in [1.807, 2.05) is 65.6 Å². The molecule has 0 spiro atoms. The zero-order chi connectivity index (χ0) is 59.0. The van der Waals surface area contributed by atoms with Crippen LogP contribution in [0.25, 0.3) is 84.1 Å². The fourth-order valence-electron chi connectivity index (χ4n) is 8.65. The zero-order valence-corrected chi connectivity index (χ0v) is 46.7. The number of nitrogens with one attached hydrogen (secondary N) is 2. The molecule has 6 aromatic carbocycles. The van der Waals surface area contributed by atoms with Crippen molar-refractivity contribution in [2.75, 3.05) is 11.9 Å². The minimum Gasteiger partial charge on any atom is -0.753 e. The van der Waals surface area contributed by atoms with Crippen molar-refractivity contribution in [2.24, 2.45) is 0 Å². The van der Waals surface area contributed by atoms with Gasteiger partial charge in [0.25, 0.3) is 0 Å². The minimum absolute atomic E-state index is 0. The second-order valence-electron chi connectivity index (χ2n) is 18.1. The number of benzene rings is 6. The van der Waals surface area contributed by atoms with Crippen LogP contribution in [0.4, 0.5) is 30.2 Å². The number of isothiocyanates is 1. The summed E-state index contributed by atoms with van der Waals surface area (Å²) in [6.45, 7) is 0. The van der Waals surface area contributed by atoms with Crippen molar-refractivity contribution in [1.82, 2.24) is 25.3 Å². The molecule has 0 saturated carbocycles. The number of carboxylic acid groups (broad SMARTS) is 3. The van der Waals surface area contributed by atoms with Crippen molar-refractivity contribution in [3.05, 3.63) is 264 Å². The van der Waals surface area contributed by atoms with Gasteiger partial charge in [0.05, 0.1) is 39.5 Å². The average Bonchev–Trinajstić information content (AvgIpc) is 3.32. The number of aromatic nitrogens is 4. The van der Waals surface area contributed by atoms with E-state index in [-0.39, 0.29) is 70.3 Å². The van der Waals surface area contributed by atoms with Gasteiger partial charge in [-0.15, -0.1) is 5.70 Å². The Kier molecular flexibility index (Phi) is 20.9. The Morgan fingerprint density at radius 2 is 0.857 bits per heavy atom. The van der Waals surface area contributed by atoms with E-state index in [1.54, 1.807) is 12.1 Å². The molecule has 0 aliphatic heterocycles. The summed E-state index contributed by atoms with van der Waals surface area (Å²) in [5.41, 5.74) is 19.8. The van der Waals surface area contributed by atoms with Gasteiger partial charge in [-0.25, -0.2) is 19.4 Å². The molecule has 84 heavy (non-hydrogen) atoms. The summed E-state index contributed by atoms with van der Waals surface area (Å²) in [5.74, 6) is -3.56. The van der Waals surface area contributed by atoms with Gasteiger partial charge in [0.1, 0.15) is 6.04 Å². The predicted octanol–water partition coefficient (Wildman–Crippen LogP) is 15.7. The fourth-order valence-corrected chi connectivity index (χ4v) is 8.65. The Balaban J connectivity index is 0.000000274. The molecule has 5 N–H and O–H groups in total. The maximum atomic E-state index is 13.5. The van der Waals surface area contributed by atoms with Crippen LogP contribution in [0.15, 0.2) is 231 Å². The number of pyridine rings is 4. The van der Waals surface area contributed by atoms with E-state index in [0.717, 1.165) is 62.0 Å². The molecule has 14 nitrogen and oxygen atoms in total. The third kappa shape index (κ3) is 15.6. The van der Waals surface area contributed by atoms with Gasteiger partial charge in [-0.2, -0.15) is 18.3 Å². The number of aromatic carboxylic acids is 3. The molecule has 1 unspecified atom stereocenters. The summed E-state index contributed by atoms with van der Waals surface area (Å²) >= 11 is 3.70. The quantitative estimate of drug-likeness (QED) is 0.0426. The number of likely N-dealkylation sites (N-methyl/N-ethyl adjacent to an activating group) is 1. The normalized spacial score (nSPS) is 11.2. The second kappa shape index (κ2) is 28.5. The maximum Gasteiger partial charge on any atom is 2.00 e. The van der Waals surface area contributed by atoms with Crippen molar-refractivity contribution in [2.45, 2.75) is 12.2 Å². The first-order valence-corrected chi connectivity index (χ1v) is 25.6. The number of alkyl halides is 3. The Hall–Kier alpha value is -10.2. The van der Waals surface area contributed by atoms with Crippen LogP contribution in [0, 0.1) is 0 Å². The average molecular weight is 1230 g/mol. The molecule has 4 aromatic heterocycles. The number of anilines is 3. The van der Waals surface area contributed by atoms with Gasteiger partial charge >= 0.3 is 43.6 Å². The summed E-state index contributed by atoms with van der Waals surface area (Å²) < 4.78 is 40.6. The molecule has 0 fully saturated rings. The van der Waals surface area contributed by atoms with Crippen LogP contribution in [0.3, 0.4) is 0 Å². The van der Waals surface area contributed by atoms with Crippen LogP contribution in [0.2, 0.25) is 0 Å². The van der Waals surface area contributed by atoms with Crippen LogP contribution in [0.1, 0.15) is 36.8 Å². The first-order valence-electron chi connectivity index (χ1n) is 25.2. The number of halogens is 3. The van der Waals surface area contributed by atoms with E-state index in [0.29, 0.717) is 5.69 Å². The van der Waals surface area contributed by atoms with Gasteiger partial charge < -0.3 is 36.7 Å². The van der Waals surface area contributed by atoms with E-state index >= 15 is 0 Å². The molecule has 418 valence electrons. The molecular weight excluding hydrogens is 1180 g/mol. The van der Waals surface area contributed by atoms with Crippen molar-refractivity contribution in [1.29, 1.82) is 0 Å². The number of thiocarbonyl (C=S) groups is 1. The number of carbonyl (C=O) groups is 3. The number of nitrogens with zero attached hydrogens (tertiary/aromatic N) is 6. The number of carboxylic acids is 3. The number of hydrogen-bond donors (Lipinski definition) is 4. The van der Waals surface area contributed by atoms with Crippen LogP contribution in [-0.4, -0.2) is 77.6 Å². The van der Waals surface area contributed by atoms with E-state index in [1.165, 1.54) is 67.2 Å². The Bertz CT molecular complexity index is 3770. The first kappa shape index (κ1) is 61.5. The summed E-state index contributed by atoms with van der Waals surface area (Å²) in [7, 11) is 1.22. The molecular formula is C65H47F3N8O6RuS. The first-order chi connectivity index (χ1) is 40.0. The van der Waals surface area contributed by atoms with Crippen LogP contribution in [0.5, 0.6) is 0 Å². The summed E-state index contributed by atoms with van der Waals surface area (Å²) in [4.78, 5) is 52.4. The molecule has 0 aliphatic rings. The van der Waals surface area contributed by atoms with Gasteiger partial charge in [-0.05, 0) is 124 Å². The summed E-state index contributed by atoms with van der Waals surface area (Å²) in [6, 6.07) is 62.8. The SMILES string of the molecule is CNC(/C=C(\[NH-])c1cc(N(c2ccc(-c3ccc(-c4ccccc4)cc3)cc2)c2ccc(-c3ccc(-c4ccccc4)cc3)cc2)ccn1)C(F)(F)F.O=C(O)c1ccnc(-c2cc(C(=O)O)cc(-c3cc(C(=O)O)ccn3)n2)c1.[N-]=C=S.[Ru+2]. The van der Waals surface area contributed by atoms with Crippen molar-refractivity contribution in [3.8, 4) is 67.3 Å². The summed E-state index contributed by atoms with van der Waals surface area (Å²) in [5, 5.41) is 38.3. The van der Waals surface area contributed by atoms with E-state index in [2.05, 4.69) is 135 Å². The Morgan fingerprint density at radius 1 is 0.524 bits per heavy atom. The Morgan fingerprint density at radius 3 is 1.20 bits per heavy atom. The molecule has 10 aromatic rings. The molecule has 19 heteroatoms. The van der Waals surface area contributed by atoms with Gasteiger partial charge in [-0.3, -0.25) is 15.0 Å². The van der Waals surface area contributed by atoms with Crippen LogP contribution >= 0.6 is 12.2 Å². The molecule has 0 saturated heterocycles. The standard InChI is InChI=1S/C46H36F3N4.C18H11N3O6.CNS.Ru/c1-51-45(46(47,48)49)31-43(50)44-30-42(28-29-52-44)53(40-24-20-38(21-25-40)36-16-12-34(13-17-36)32-8-4-2-5-9-32)41-26-22-39(23-27-41)37-18-14-35(15-19-37)33-10-6-3-7-11-33;22-16(23)9-1-3-19-12(5-9)14-7-11(18(26)27)8-15(21-14)13-6-10(17(24)25)2-4-20-13;2-1-3;/h2-31,45,50-51H,1H3;1-8H,(H,22,23)(H,24,25)(H,26,27);;/q-1;;-1;+2/b43-31-;;;. The van der Waals surface area contributed by atoms with E-state index in [4.69, 9.17) is 21.4 Å². The van der Waals surface area contributed by atoms with Crippen molar-refractivity contribution >= 4 is 58.0 Å². The second-order valence-corrected chi connectivity index (χ2v) is 18.3. The van der Waals surface area contributed by atoms with E-state index < -0.39 is 30.1 Å². The zero-order valence-electron chi connectivity index (χ0n) is 44.2. The van der Waals surface area contributed by atoms with Gasteiger partial charge in [-0.1, -0.05) is 152 Å². The molecule has 1 atom stereocenters. The monoisotopic (exact) mass is 1230 g/mol. The molecule has 0 amide bonds. The van der Waals surface area contributed by atoms with Gasteiger partial charge in [0.15, 0.2) is 0 Å². The Labute approximate surface area is 498 Å². The van der Waals surface area contributed by atoms with Crippen molar-refractivity contribution < 1.29 is 62.4 Å². The number of rotatable bonds is 15. The van der Waals surface area contributed by atoms with Crippen molar-refractivity contribution in [3.63, 3.8) is 0 Å².